The van der Waals surface area contributed by atoms with Gasteiger partial charge in [-0.25, -0.2) is 0 Å². The average molecular weight is 509 g/mol. The zero-order valence-electron chi connectivity index (χ0n) is 16.1. The highest BCUT2D eigenvalue weighted by molar-refractivity contribution is 14.0. The molecule has 152 valence electrons. The predicted octanol–water partition coefficient (Wildman–Crippen LogP) is 2.65. The van der Waals surface area contributed by atoms with Crippen molar-refractivity contribution in [2.75, 3.05) is 52.5 Å². The van der Waals surface area contributed by atoms with E-state index in [0.29, 0.717) is 44.3 Å². The summed E-state index contributed by atoms with van der Waals surface area (Å²) in [6.07, 6.45) is 0.392. The number of piperazine rings is 1. The summed E-state index contributed by atoms with van der Waals surface area (Å²) in [5, 5.41) is 3.99. The van der Waals surface area contributed by atoms with Crippen molar-refractivity contribution in [3.05, 3.63) is 34.9 Å². The van der Waals surface area contributed by atoms with Crippen molar-refractivity contribution in [3.8, 4) is 0 Å². The van der Waals surface area contributed by atoms with Crippen molar-refractivity contribution < 1.29 is 9.53 Å². The molecule has 0 unspecified atom stereocenters. The second kappa shape index (κ2) is 13.2. The highest BCUT2D eigenvalue weighted by Gasteiger charge is 2.23. The number of carbonyl (C=O) groups is 1. The third-order valence-electron chi connectivity index (χ3n) is 4.21. The number of carbonyl (C=O) groups excluding carboxylic acids is 1. The molecule has 1 amide bonds. The molecular formula is C19H30ClIN4O2. The first-order valence-electron chi connectivity index (χ1n) is 9.27. The van der Waals surface area contributed by atoms with Crippen LogP contribution in [0.15, 0.2) is 29.3 Å². The summed E-state index contributed by atoms with van der Waals surface area (Å²) >= 11 is 6.00. The summed E-state index contributed by atoms with van der Waals surface area (Å²) in [6.45, 7) is 9.81. The van der Waals surface area contributed by atoms with Gasteiger partial charge in [-0.3, -0.25) is 9.79 Å². The molecule has 0 aliphatic carbocycles. The molecule has 6 nitrogen and oxygen atoms in total. The van der Waals surface area contributed by atoms with E-state index in [4.69, 9.17) is 16.3 Å². The number of halogens is 2. The van der Waals surface area contributed by atoms with E-state index in [0.717, 1.165) is 31.2 Å². The molecule has 0 atom stereocenters. The Kier molecular flexibility index (Phi) is 11.7. The van der Waals surface area contributed by atoms with Gasteiger partial charge in [0, 0.05) is 44.4 Å². The van der Waals surface area contributed by atoms with Crippen LogP contribution in [0.2, 0.25) is 5.02 Å². The third kappa shape index (κ3) is 8.23. The van der Waals surface area contributed by atoms with Crippen LogP contribution in [0.3, 0.4) is 0 Å². The molecule has 1 aliphatic heterocycles. The third-order valence-corrected chi connectivity index (χ3v) is 4.45. The highest BCUT2D eigenvalue weighted by atomic mass is 127. The van der Waals surface area contributed by atoms with E-state index in [2.05, 4.69) is 22.1 Å². The van der Waals surface area contributed by atoms with Crippen LogP contribution in [0.4, 0.5) is 0 Å². The lowest BCUT2D eigenvalue weighted by Crippen LogP contribution is -2.54. The van der Waals surface area contributed by atoms with Gasteiger partial charge in [0.25, 0.3) is 0 Å². The van der Waals surface area contributed by atoms with E-state index < -0.39 is 0 Å². The molecule has 0 spiro atoms. The van der Waals surface area contributed by atoms with Gasteiger partial charge in [-0.2, -0.15) is 0 Å². The summed E-state index contributed by atoms with van der Waals surface area (Å²) in [6, 6.07) is 7.49. The molecule has 1 saturated heterocycles. The fourth-order valence-electron chi connectivity index (χ4n) is 2.89. The maximum atomic E-state index is 12.5. The molecule has 1 aromatic rings. The monoisotopic (exact) mass is 508 g/mol. The van der Waals surface area contributed by atoms with Crippen molar-refractivity contribution >= 4 is 47.4 Å². The minimum Gasteiger partial charge on any atom is -0.380 e. The van der Waals surface area contributed by atoms with Crippen LogP contribution in [0.25, 0.3) is 0 Å². The molecule has 8 heteroatoms. The van der Waals surface area contributed by atoms with Crippen molar-refractivity contribution in [2.45, 2.75) is 20.3 Å². The Hall–Kier alpha value is -1.06. The lowest BCUT2D eigenvalue weighted by atomic mass is 10.1. The predicted molar refractivity (Wildman–Crippen MR) is 121 cm³/mol. The van der Waals surface area contributed by atoms with Gasteiger partial charge in [-0.15, -0.1) is 24.0 Å². The number of ether oxygens (including phenoxy) is 1. The van der Waals surface area contributed by atoms with Crippen LogP contribution in [-0.4, -0.2) is 74.1 Å². The summed E-state index contributed by atoms with van der Waals surface area (Å²) in [4.78, 5) is 21.3. The van der Waals surface area contributed by atoms with Crippen LogP contribution >= 0.6 is 35.6 Å². The van der Waals surface area contributed by atoms with Gasteiger partial charge in [-0.1, -0.05) is 23.7 Å². The molecular weight excluding hydrogens is 479 g/mol. The number of guanidine groups is 1. The van der Waals surface area contributed by atoms with Crippen LogP contribution in [0.1, 0.15) is 19.4 Å². The Morgan fingerprint density at radius 3 is 2.56 bits per heavy atom. The maximum Gasteiger partial charge on any atom is 0.227 e. The number of nitrogens with zero attached hydrogens (tertiary/aromatic N) is 3. The molecule has 1 aromatic carbocycles. The highest BCUT2D eigenvalue weighted by Crippen LogP contribution is 2.13. The molecule has 1 aliphatic rings. The summed E-state index contributed by atoms with van der Waals surface area (Å²) in [5.41, 5.74) is 0.954. The van der Waals surface area contributed by atoms with Crippen molar-refractivity contribution in [1.29, 1.82) is 0 Å². The second-order valence-electron chi connectivity index (χ2n) is 6.11. The molecule has 0 radical (unpaired) electrons. The van der Waals surface area contributed by atoms with Crippen LogP contribution in [-0.2, 0) is 16.0 Å². The average Bonchev–Trinajstić information content (AvgIpc) is 2.64. The van der Waals surface area contributed by atoms with E-state index in [1.807, 2.05) is 36.1 Å². The van der Waals surface area contributed by atoms with Gasteiger partial charge in [0.1, 0.15) is 0 Å². The fraction of sp³-hybridized carbons (Fsp3) is 0.579. The maximum absolute atomic E-state index is 12.5. The lowest BCUT2D eigenvalue weighted by molar-refractivity contribution is -0.131. The van der Waals surface area contributed by atoms with Crippen molar-refractivity contribution in [3.63, 3.8) is 0 Å². The van der Waals surface area contributed by atoms with Crippen LogP contribution in [0, 0.1) is 0 Å². The first-order valence-corrected chi connectivity index (χ1v) is 9.65. The number of hydrogen-bond donors (Lipinski definition) is 1. The Bertz CT molecular complexity index is 607. The van der Waals surface area contributed by atoms with E-state index in [-0.39, 0.29) is 29.9 Å². The number of benzene rings is 1. The zero-order chi connectivity index (χ0) is 18.8. The Labute approximate surface area is 184 Å². The van der Waals surface area contributed by atoms with E-state index in [9.17, 15) is 4.79 Å². The van der Waals surface area contributed by atoms with Crippen LogP contribution in [0.5, 0.6) is 0 Å². The molecule has 0 saturated carbocycles. The standard InChI is InChI=1S/C19H29ClN4O2.HI/c1-3-21-19(22-8-13-26-4-2)24-11-9-23(10-12-24)18(25)15-16-6-5-7-17(20)14-16;/h5-7,14H,3-4,8-13,15H2,1-2H3,(H,21,22);1H. The number of amides is 1. The van der Waals surface area contributed by atoms with Crippen molar-refractivity contribution in [2.24, 2.45) is 4.99 Å². The van der Waals surface area contributed by atoms with Gasteiger partial charge >= 0.3 is 0 Å². The molecule has 1 N–H and O–H groups in total. The summed E-state index contributed by atoms with van der Waals surface area (Å²) in [7, 11) is 0. The number of hydrogen-bond acceptors (Lipinski definition) is 3. The lowest BCUT2D eigenvalue weighted by Gasteiger charge is -2.36. The molecule has 1 fully saturated rings. The number of rotatable bonds is 7. The molecule has 2 rings (SSSR count). The molecule has 27 heavy (non-hydrogen) atoms. The number of aliphatic imine (C=N–C) groups is 1. The summed E-state index contributed by atoms with van der Waals surface area (Å²) in [5.74, 6) is 1.04. The van der Waals surface area contributed by atoms with Gasteiger partial charge in [-0.05, 0) is 31.5 Å². The minimum atomic E-state index is 0. The van der Waals surface area contributed by atoms with Gasteiger partial charge in [0.15, 0.2) is 5.96 Å². The first-order chi connectivity index (χ1) is 12.6. The smallest absolute Gasteiger partial charge is 0.227 e. The normalized spacial score (nSPS) is 14.7. The van der Waals surface area contributed by atoms with Crippen LogP contribution < -0.4 is 5.32 Å². The van der Waals surface area contributed by atoms with Gasteiger partial charge in [0.05, 0.1) is 19.6 Å². The van der Waals surface area contributed by atoms with E-state index in [1.54, 1.807) is 0 Å². The SMILES string of the molecule is CCNC(=NCCOCC)N1CCN(C(=O)Cc2cccc(Cl)c2)CC1.I. The van der Waals surface area contributed by atoms with Gasteiger partial charge < -0.3 is 19.9 Å². The van der Waals surface area contributed by atoms with E-state index in [1.165, 1.54) is 0 Å². The van der Waals surface area contributed by atoms with E-state index >= 15 is 0 Å². The second-order valence-corrected chi connectivity index (χ2v) is 6.54. The largest absolute Gasteiger partial charge is 0.380 e. The zero-order valence-corrected chi connectivity index (χ0v) is 19.2. The molecule has 0 aromatic heterocycles. The first kappa shape index (κ1) is 24.0. The molecule has 1 heterocycles. The Morgan fingerprint density at radius 1 is 1.22 bits per heavy atom. The molecule has 0 bridgehead atoms. The Balaban J connectivity index is 0.00000364. The topological polar surface area (TPSA) is 57.2 Å². The minimum absolute atomic E-state index is 0. The Morgan fingerprint density at radius 2 is 1.93 bits per heavy atom. The van der Waals surface area contributed by atoms with Gasteiger partial charge in [0.2, 0.25) is 5.91 Å². The fourth-order valence-corrected chi connectivity index (χ4v) is 3.10. The number of nitrogens with one attached hydrogen (secondary N) is 1. The quantitative estimate of drug-likeness (QED) is 0.266. The summed E-state index contributed by atoms with van der Waals surface area (Å²) < 4.78 is 5.35. The van der Waals surface area contributed by atoms with Crippen molar-refractivity contribution in [1.82, 2.24) is 15.1 Å².